The van der Waals surface area contributed by atoms with Gasteiger partial charge >= 0.3 is 5.97 Å². The van der Waals surface area contributed by atoms with Crippen molar-refractivity contribution in [2.24, 2.45) is 0 Å². The van der Waals surface area contributed by atoms with Crippen molar-refractivity contribution in [3.8, 4) is 0 Å². The predicted octanol–water partition coefficient (Wildman–Crippen LogP) is 1.83. The van der Waals surface area contributed by atoms with E-state index in [0.717, 1.165) is 11.8 Å². The van der Waals surface area contributed by atoms with Gasteiger partial charge in [0.1, 0.15) is 4.60 Å². The van der Waals surface area contributed by atoms with Crippen LogP contribution in [0, 0.1) is 0 Å². The number of methoxy groups -OCH3 is 1. The molecule has 0 radical (unpaired) electrons. The van der Waals surface area contributed by atoms with Gasteiger partial charge < -0.3 is 10.5 Å². The number of hydrogen-bond donors (Lipinski definition) is 1. The third kappa shape index (κ3) is 1.64. The van der Waals surface area contributed by atoms with Crippen LogP contribution in [0.1, 0.15) is 19.3 Å². The first-order chi connectivity index (χ1) is 9.08. The summed E-state index contributed by atoms with van der Waals surface area (Å²) in [6.45, 7) is 0. The number of pyridine rings is 1. The Morgan fingerprint density at radius 1 is 1.53 bits per heavy atom. The first-order valence-corrected chi connectivity index (χ1v) is 6.77. The predicted molar refractivity (Wildman–Crippen MR) is 73.5 cm³/mol. The van der Waals surface area contributed by atoms with Gasteiger partial charge in [-0.25, -0.2) is 14.5 Å². The number of hydrogen-bond acceptors (Lipinski definition) is 5. The molecule has 1 fully saturated rings. The SMILES string of the molecule is COC(=O)C1(n2nc(N)c3ccc(Br)nc32)CCC1. The first kappa shape index (κ1) is 12.4. The van der Waals surface area contributed by atoms with Gasteiger partial charge in [0, 0.05) is 0 Å². The summed E-state index contributed by atoms with van der Waals surface area (Å²) in [6.07, 6.45) is 2.36. The quantitative estimate of drug-likeness (QED) is 0.673. The molecule has 2 aromatic heterocycles. The number of anilines is 1. The van der Waals surface area contributed by atoms with Crippen molar-refractivity contribution in [1.82, 2.24) is 14.8 Å². The Hall–Kier alpha value is -1.63. The highest BCUT2D eigenvalue weighted by Crippen LogP contribution is 2.42. The Balaban J connectivity index is 2.24. The topological polar surface area (TPSA) is 83.0 Å². The van der Waals surface area contributed by atoms with Gasteiger partial charge in [-0.05, 0) is 47.3 Å². The lowest BCUT2D eigenvalue weighted by Crippen LogP contribution is -2.49. The van der Waals surface area contributed by atoms with E-state index in [-0.39, 0.29) is 5.97 Å². The van der Waals surface area contributed by atoms with Gasteiger partial charge in [-0.2, -0.15) is 5.10 Å². The highest BCUT2D eigenvalue weighted by Gasteiger charge is 2.49. The minimum atomic E-state index is -0.752. The van der Waals surface area contributed by atoms with Crippen molar-refractivity contribution in [2.45, 2.75) is 24.8 Å². The molecule has 100 valence electrons. The summed E-state index contributed by atoms with van der Waals surface area (Å²) < 4.78 is 7.22. The van der Waals surface area contributed by atoms with Crippen LogP contribution in [0.3, 0.4) is 0 Å². The van der Waals surface area contributed by atoms with Gasteiger partial charge in [-0.15, -0.1) is 0 Å². The number of esters is 1. The number of ether oxygens (including phenoxy) is 1. The summed E-state index contributed by atoms with van der Waals surface area (Å²) in [5.74, 6) is 0.0927. The van der Waals surface area contributed by atoms with E-state index in [1.165, 1.54) is 7.11 Å². The molecule has 0 unspecified atom stereocenters. The molecule has 7 heteroatoms. The van der Waals surface area contributed by atoms with Crippen LogP contribution in [-0.4, -0.2) is 27.8 Å². The van der Waals surface area contributed by atoms with E-state index >= 15 is 0 Å². The molecule has 0 bridgehead atoms. The van der Waals surface area contributed by atoms with Crippen LogP contribution in [0.4, 0.5) is 5.82 Å². The van der Waals surface area contributed by atoms with Crippen molar-refractivity contribution in [3.05, 3.63) is 16.7 Å². The molecule has 6 nitrogen and oxygen atoms in total. The Bertz CT molecular complexity index is 663. The minimum absolute atomic E-state index is 0.287. The van der Waals surface area contributed by atoms with E-state index in [2.05, 4.69) is 26.0 Å². The Morgan fingerprint density at radius 2 is 2.26 bits per heavy atom. The number of rotatable bonds is 2. The summed E-state index contributed by atoms with van der Waals surface area (Å²) in [6, 6.07) is 3.64. The maximum atomic E-state index is 12.1. The van der Waals surface area contributed by atoms with Gasteiger partial charge in [0.15, 0.2) is 17.0 Å². The molecule has 1 saturated carbocycles. The summed E-state index contributed by atoms with van der Waals surface area (Å²) in [4.78, 5) is 16.5. The van der Waals surface area contributed by atoms with E-state index in [0.29, 0.717) is 28.9 Å². The van der Waals surface area contributed by atoms with Crippen molar-refractivity contribution in [3.63, 3.8) is 0 Å². The number of carbonyl (C=O) groups is 1. The fourth-order valence-electron chi connectivity index (χ4n) is 2.50. The monoisotopic (exact) mass is 324 g/mol. The van der Waals surface area contributed by atoms with Gasteiger partial charge in [0.05, 0.1) is 12.5 Å². The van der Waals surface area contributed by atoms with Crippen LogP contribution in [-0.2, 0) is 15.1 Å². The first-order valence-electron chi connectivity index (χ1n) is 5.98. The molecule has 1 aliphatic rings. The van der Waals surface area contributed by atoms with Gasteiger partial charge in [0.25, 0.3) is 0 Å². The van der Waals surface area contributed by atoms with E-state index in [4.69, 9.17) is 10.5 Å². The lowest BCUT2D eigenvalue weighted by Gasteiger charge is -2.38. The molecule has 2 aromatic rings. The van der Waals surface area contributed by atoms with E-state index in [1.807, 2.05) is 6.07 Å². The van der Waals surface area contributed by atoms with E-state index in [9.17, 15) is 4.79 Å². The highest BCUT2D eigenvalue weighted by atomic mass is 79.9. The van der Waals surface area contributed by atoms with Crippen molar-refractivity contribution >= 4 is 38.8 Å². The molecule has 2 heterocycles. The van der Waals surface area contributed by atoms with Crippen LogP contribution in [0.25, 0.3) is 11.0 Å². The van der Waals surface area contributed by atoms with Crippen LogP contribution in [0.15, 0.2) is 16.7 Å². The maximum absolute atomic E-state index is 12.1. The summed E-state index contributed by atoms with van der Waals surface area (Å²) in [5.41, 5.74) is 5.76. The third-order valence-corrected chi connectivity index (χ3v) is 4.12. The average molecular weight is 325 g/mol. The summed E-state index contributed by atoms with van der Waals surface area (Å²) >= 11 is 3.33. The van der Waals surface area contributed by atoms with Crippen molar-refractivity contribution in [1.29, 1.82) is 0 Å². The van der Waals surface area contributed by atoms with Crippen LogP contribution in [0.5, 0.6) is 0 Å². The normalized spacial score (nSPS) is 17.2. The van der Waals surface area contributed by atoms with Gasteiger partial charge in [-0.3, -0.25) is 0 Å². The number of nitrogens with two attached hydrogens (primary N) is 1. The molecular formula is C12H13BrN4O2. The molecule has 0 aromatic carbocycles. The second kappa shape index (κ2) is 4.19. The summed E-state index contributed by atoms with van der Waals surface area (Å²) in [5, 5.41) is 5.05. The molecule has 0 spiro atoms. The molecule has 0 amide bonds. The zero-order valence-electron chi connectivity index (χ0n) is 10.4. The molecule has 0 aliphatic heterocycles. The molecule has 3 rings (SSSR count). The number of aromatic nitrogens is 3. The standard InChI is InChI=1S/C12H13BrN4O2/c1-19-11(18)12(5-2-6-12)17-10-7(9(14)16-17)3-4-8(13)15-10/h3-4H,2,5-6H2,1H3,(H2,14,16). The third-order valence-electron chi connectivity index (χ3n) is 3.68. The van der Waals surface area contributed by atoms with Crippen LogP contribution < -0.4 is 5.73 Å². The zero-order chi connectivity index (χ0) is 13.6. The number of carbonyl (C=O) groups excluding carboxylic acids is 1. The van der Waals surface area contributed by atoms with Gasteiger partial charge in [0.2, 0.25) is 0 Å². The number of nitrogen functional groups attached to an aromatic ring is 1. The molecule has 1 aliphatic carbocycles. The van der Waals surface area contributed by atoms with E-state index < -0.39 is 5.54 Å². The smallest absolute Gasteiger partial charge is 0.333 e. The molecule has 0 saturated heterocycles. The molecule has 0 atom stereocenters. The number of nitrogens with zero attached hydrogens (tertiary/aromatic N) is 3. The van der Waals surface area contributed by atoms with Crippen molar-refractivity contribution in [2.75, 3.05) is 12.8 Å². The van der Waals surface area contributed by atoms with Gasteiger partial charge in [-0.1, -0.05) is 0 Å². The Kier molecular flexibility index (Phi) is 2.74. The maximum Gasteiger partial charge on any atom is 0.333 e. The molecule has 2 N–H and O–H groups in total. The fourth-order valence-corrected chi connectivity index (χ4v) is 2.80. The van der Waals surface area contributed by atoms with E-state index in [1.54, 1.807) is 10.7 Å². The lowest BCUT2D eigenvalue weighted by molar-refractivity contribution is -0.156. The minimum Gasteiger partial charge on any atom is -0.467 e. The molecular weight excluding hydrogens is 312 g/mol. The number of halogens is 1. The van der Waals surface area contributed by atoms with Crippen molar-refractivity contribution < 1.29 is 9.53 Å². The van der Waals surface area contributed by atoms with Crippen LogP contribution >= 0.6 is 15.9 Å². The largest absolute Gasteiger partial charge is 0.467 e. The second-order valence-corrected chi connectivity index (χ2v) is 5.49. The zero-order valence-corrected chi connectivity index (χ0v) is 12.0. The fraction of sp³-hybridized carbons (Fsp3) is 0.417. The highest BCUT2D eigenvalue weighted by molar-refractivity contribution is 9.10. The Morgan fingerprint density at radius 3 is 2.84 bits per heavy atom. The number of fused-ring (bicyclic) bond motifs is 1. The van der Waals surface area contributed by atoms with Crippen LogP contribution in [0.2, 0.25) is 0 Å². The average Bonchev–Trinajstić information content (AvgIpc) is 2.65. The second-order valence-electron chi connectivity index (χ2n) is 4.68. The Labute approximate surface area is 118 Å². The summed E-state index contributed by atoms with van der Waals surface area (Å²) in [7, 11) is 1.39. The molecule has 19 heavy (non-hydrogen) atoms. The lowest BCUT2D eigenvalue weighted by atomic mass is 9.77.